The molecule has 0 spiro atoms. The van der Waals surface area contributed by atoms with Crippen molar-refractivity contribution in [2.45, 2.75) is 6.61 Å². The lowest BCUT2D eigenvalue weighted by Gasteiger charge is -1.82. The third-order valence-corrected chi connectivity index (χ3v) is 0.879. The molecule has 9 heavy (non-hydrogen) atoms. The minimum absolute atomic E-state index is 0.0130. The molecule has 0 unspecified atom stereocenters. The minimum Gasteiger partial charge on any atom is -0.456 e. The predicted octanol–water partition coefficient (Wildman–Crippen LogP) is 0.584. The number of carbonyl (C=O) groups is 1. The first-order valence-electron chi connectivity index (χ1n) is 2.93. The van der Waals surface area contributed by atoms with Crippen LogP contribution in [0, 0.1) is 0 Å². The first-order valence-corrected chi connectivity index (χ1v) is 2.43. The zero-order chi connectivity index (χ0) is 7.56. The molecule has 0 amide bonds. The van der Waals surface area contributed by atoms with E-state index < -0.39 is 0 Å². The molecule has 0 aliphatic carbocycles. The second kappa shape index (κ2) is 2.46. The molecule has 0 atom stereocenters. The molecule has 1 heterocycles. The second-order valence-corrected chi connectivity index (χ2v) is 1.50. The van der Waals surface area contributed by atoms with E-state index in [9.17, 15) is 4.79 Å². The number of aliphatic hydroxyl groups is 1. The van der Waals surface area contributed by atoms with E-state index in [2.05, 4.69) is 0 Å². The van der Waals surface area contributed by atoms with Gasteiger partial charge in [0, 0.05) is 0 Å². The Bertz CT molecular complexity index is 241. The van der Waals surface area contributed by atoms with Crippen molar-refractivity contribution < 1.29 is 15.7 Å². The van der Waals surface area contributed by atoms with Crippen molar-refractivity contribution in [2.75, 3.05) is 0 Å². The Balaban J connectivity index is 3.03. The topological polar surface area (TPSA) is 50.4 Å². The summed E-state index contributed by atoms with van der Waals surface area (Å²) in [6, 6.07) is 1.32. The second-order valence-electron chi connectivity index (χ2n) is 1.50. The van der Waals surface area contributed by atoms with E-state index >= 15 is 0 Å². The van der Waals surface area contributed by atoms with Crippen molar-refractivity contribution in [3.63, 3.8) is 0 Å². The smallest absolute Gasteiger partial charge is 0.185 e. The van der Waals surface area contributed by atoms with Gasteiger partial charge < -0.3 is 9.52 Å². The van der Waals surface area contributed by atoms with Crippen LogP contribution in [0.2, 0.25) is 0 Å². The lowest BCUT2D eigenvalue weighted by Crippen LogP contribution is -1.74. The highest BCUT2D eigenvalue weighted by Crippen LogP contribution is 2.03. The average molecular weight is 127 g/mol. The first kappa shape index (κ1) is 4.76. The van der Waals surface area contributed by atoms with Crippen LogP contribution >= 0.6 is 0 Å². The zero-order valence-electron chi connectivity index (χ0n) is 5.63. The third-order valence-electron chi connectivity index (χ3n) is 0.879. The Kier molecular flexibility index (Phi) is 1.30. The van der Waals surface area contributed by atoms with Gasteiger partial charge in [0.05, 0.1) is 1.37 Å². The normalized spacial score (nSPS) is 11.0. The lowest BCUT2D eigenvalue weighted by atomic mass is 10.4. The van der Waals surface area contributed by atoms with Gasteiger partial charge in [-0.1, -0.05) is 0 Å². The highest BCUT2D eigenvalue weighted by Gasteiger charge is 1.96. The van der Waals surface area contributed by atoms with E-state index in [0.717, 1.165) is 0 Å². The molecule has 3 heteroatoms. The lowest BCUT2D eigenvalue weighted by molar-refractivity contribution is 0.109. The summed E-state index contributed by atoms with van der Waals surface area (Å²) >= 11 is 0. The molecule has 0 saturated heterocycles. The van der Waals surface area contributed by atoms with Crippen molar-refractivity contribution in [3.8, 4) is 0 Å². The van der Waals surface area contributed by atoms with Crippen LogP contribution in [0.25, 0.3) is 0 Å². The van der Waals surface area contributed by atoms with Crippen LogP contribution in [0.3, 0.4) is 0 Å². The molecule has 48 valence electrons. The summed E-state index contributed by atoms with van der Waals surface area (Å²) in [5.74, 6) is 0.205. The van der Waals surface area contributed by atoms with Gasteiger partial charge in [-0.3, -0.25) is 4.79 Å². The molecular formula is C6H6O3. The van der Waals surface area contributed by atoms with Crippen LogP contribution in [0.1, 0.15) is 17.7 Å². The van der Waals surface area contributed by atoms with Crippen LogP contribution in [0.5, 0.6) is 0 Å². The molecule has 0 radical (unpaired) electrons. The number of hydrogen-bond donors (Lipinski definition) is 1. The molecule has 0 aliphatic rings. The van der Waals surface area contributed by atoms with E-state index in [1.54, 1.807) is 0 Å². The molecule has 0 bridgehead atoms. The Morgan fingerprint density at radius 2 is 2.78 bits per heavy atom. The van der Waals surface area contributed by atoms with Gasteiger partial charge >= 0.3 is 0 Å². The average Bonchev–Trinajstić information content (AvgIpc) is 2.30. The molecule has 1 rings (SSSR count). The standard InChI is InChI=1S/C6H6O3/c7-3-5-1-2-6(4-8)9-5/h1-3,8H,4H2/i1D. The number of rotatable bonds is 2. The Morgan fingerprint density at radius 3 is 3.11 bits per heavy atom. The quantitative estimate of drug-likeness (QED) is 0.591. The molecule has 1 aromatic heterocycles. The number of aliphatic hydroxyl groups excluding tert-OH is 1. The summed E-state index contributed by atoms with van der Waals surface area (Å²) in [6.45, 7) is -0.278. The maximum atomic E-state index is 10.1. The molecule has 0 fully saturated rings. The molecule has 1 aromatic rings. The zero-order valence-corrected chi connectivity index (χ0v) is 4.63. The number of aldehydes is 1. The molecule has 3 nitrogen and oxygen atoms in total. The minimum atomic E-state index is -0.278. The van der Waals surface area contributed by atoms with Crippen LogP contribution in [-0.2, 0) is 6.61 Å². The van der Waals surface area contributed by atoms with E-state index in [1.807, 2.05) is 0 Å². The highest BCUT2D eigenvalue weighted by molar-refractivity contribution is 5.70. The summed E-state index contributed by atoms with van der Waals surface area (Å²) < 4.78 is 11.8. The molecular weight excluding hydrogens is 120 g/mol. The van der Waals surface area contributed by atoms with E-state index in [4.69, 9.17) is 10.9 Å². The Hall–Kier alpha value is -1.09. The van der Waals surface area contributed by atoms with Crippen molar-refractivity contribution in [1.29, 1.82) is 0 Å². The third kappa shape index (κ3) is 1.17. The van der Waals surface area contributed by atoms with E-state index in [0.29, 0.717) is 6.29 Å². The fraction of sp³-hybridized carbons (Fsp3) is 0.167. The number of hydrogen-bond acceptors (Lipinski definition) is 3. The van der Waals surface area contributed by atoms with Gasteiger partial charge in [-0.05, 0) is 12.1 Å². The molecule has 0 aromatic carbocycles. The highest BCUT2D eigenvalue weighted by atomic mass is 16.4. The van der Waals surface area contributed by atoms with Gasteiger partial charge in [0.15, 0.2) is 12.0 Å². The molecule has 1 N–H and O–H groups in total. The van der Waals surface area contributed by atoms with Crippen LogP contribution in [0.4, 0.5) is 0 Å². The SMILES string of the molecule is [2H]c1cc(CO)oc1C=O. The van der Waals surface area contributed by atoms with Gasteiger partial charge in [0.2, 0.25) is 0 Å². The summed E-state index contributed by atoms with van der Waals surface area (Å²) in [6.07, 6.45) is 0.446. The van der Waals surface area contributed by atoms with Crippen molar-refractivity contribution >= 4 is 6.29 Å². The maximum absolute atomic E-state index is 10.1. The monoisotopic (exact) mass is 127 g/mol. The largest absolute Gasteiger partial charge is 0.456 e. The first-order chi connectivity index (χ1) is 4.77. The van der Waals surface area contributed by atoms with Crippen LogP contribution in [0.15, 0.2) is 16.5 Å². The Labute approximate surface area is 53.3 Å². The van der Waals surface area contributed by atoms with Gasteiger partial charge in [-0.15, -0.1) is 0 Å². The van der Waals surface area contributed by atoms with Crippen molar-refractivity contribution in [3.05, 3.63) is 23.6 Å². The van der Waals surface area contributed by atoms with Gasteiger partial charge in [-0.2, -0.15) is 0 Å². The molecule has 0 aliphatic heterocycles. The summed E-state index contributed by atoms with van der Waals surface area (Å²) in [4.78, 5) is 10.1. The van der Waals surface area contributed by atoms with E-state index in [1.165, 1.54) is 6.07 Å². The molecule has 0 saturated carbocycles. The van der Waals surface area contributed by atoms with Crippen molar-refractivity contribution in [1.82, 2.24) is 0 Å². The summed E-state index contributed by atoms with van der Waals surface area (Å²) in [5, 5.41) is 8.48. The fourth-order valence-corrected chi connectivity index (χ4v) is 0.488. The maximum Gasteiger partial charge on any atom is 0.185 e. The summed E-state index contributed by atoms with van der Waals surface area (Å²) in [7, 11) is 0. The van der Waals surface area contributed by atoms with Gasteiger partial charge in [-0.25, -0.2) is 0 Å². The number of carbonyl (C=O) groups excluding carboxylic acids is 1. The van der Waals surface area contributed by atoms with Crippen molar-refractivity contribution in [2.24, 2.45) is 0 Å². The predicted molar refractivity (Wildman–Crippen MR) is 30.0 cm³/mol. The Morgan fingerprint density at radius 1 is 2.00 bits per heavy atom. The van der Waals surface area contributed by atoms with Gasteiger partial charge in [0.25, 0.3) is 0 Å². The van der Waals surface area contributed by atoms with Crippen LogP contribution in [-0.4, -0.2) is 11.4 Å². The number of furan rings is 1. The van der Waals surface area contributed by atoms with Gasteiger partial charge in [0.1, 0.15) is 12.4 Å². The fourth-order valence-electron chi connectivity index (χ4n) is 0.488. The van der Waals surface area contributed by atoms with Crippen LogP contribution < -0.4 is 0 Å². The van der Waals surface area contributed by atoms with E-state index in [-0.39, 0.29) is 24.2 Å². The summed E-state index contributed by atoms with van der Waals surface area (Å²) in [5.41, 5.74) is 0.